The summed E-state index contributed by atoms with van der Waals surface area (Å²) in [7, 11) is 1.45. The molecule has 1 aromatic heterocycles. The third-order valence-electron chi connectivity index (χ3n) is 5.65. The number of allylic oxidation sites excluding steroid dienone is 1. The first-order valence-corrected chi connectivity index (χ1v) is 13.0. The average Bonchev–Trinajstić information content (AvgIpc) is 3.18. The molecular formula is C27H25BrN2O6S. The zero-order valence-corrected chi connectivity index (χ0v) is 22.9. The Labute approximate surface area is 225 Å². The zero-order chi connectivity index (χ0) is 26.7. The van der Waals surface area contributed by atoms with Crippen LogP contribution in [0, 0.1) is 0 Å². The second-order valence-corrected chi connectivity index (χ2v) is 9.89. The van der Waals surface area contributed by atoms with Crippen LogP contribution in [-0.2, 0) is 9.53 Å². The number of fused-ring (bicyclic) bond motifs is 1. The number of phenolic OH excluding ortho intramolecular Hbond substituents is 1. The number of rotatable bonds is 8. The van der Waals surface area contributed by atoms with Crippen molar-refractivity contribution in [3.8, 4) is 17.2 Å². The minimum Gasteiger partial charge on any atom is -0.503 e. The Morgan fingerprint density at radius 1 is 1.30 bits per heavy atom. The number of benzene rings is 2. The summed E-state index contributed by atoms with van der Waals surface area (Å²) in [6.45, 7) is 7.67. The van der Waals surface area contributed by atoms with E-state index in [4.69, 9.17) is 14.2 Å². The van der Waals surface area contributed by atoms with Gasteiger partial charge in [-0.1, -0.05) is 36.1 Å². The SMILES string of the molecule is C=CCOc1ccc(C2C(C(=O)OCC)=C(C)N=c3s/c(=C/c4cc(Br)c(O)c(OC)c4)c(=O)n32)cc1. The molecule has 37 heavy (non-hydrogen) atoms. The highest BCUT2D eigenvalue weighted by Crippen LogP contribution is 2.35. The van der Waals surface area contributed by atoms with Gasteiger partial charge in [0.15, 0.2) is 16.3 Å². The summed E-state index contributed by atoms with van der Waals surface area (Å²) in [5.41, 5.74) is 1.84. The molecule has 10 heteroatoms. The molecule has 0 amide bonds. The first kappa shape index (κ1) is 26.4. The number of ether oxygens (including phenoxy) is 3. The number of carbonyl (C=O) groups excluding carboxylic acids is 1. The van der Waals surface area contributed by atoms with Crippen LogP contribution in [0.4, 0.5) is 0 Å². The molecule has 2 aromatic carbocycles. The minimum atomic E-state index is -0.730. The number of halogens is 1. The number of aromatic hydroxyl groups is 1. The van der Waals surface area contributed by atoms with E-state index in [0.717, 1.165) is 0 Å². The van der Waals surface area contributed by atoms with Crippen molar-refractivity contribution in [3.63, 3.8) is 0 Å². The fourth-order valence-electron chi connectivity index (χ4n) is 3.99. The molecular weight excluding hydrogens is 560 g/mol. The molecule has 0 radical (unpaired) electrons. The molecule has 0 saturated carbocycles. The van der Waals surface area contributed by atoms with Crippen molar-refractivity contribution in [2.45, 2.75) is 19.9 Å². The molecule has 1 aliphatic rings. The Hall–Kier alpha value is -3.63. The highest BCUT2D eigenvalue weighted by Gasteiger charge is 2.33. The first-order chi connectivity index (χ1) is 17.8. The molecule has 0 fully saturated rings. The number of hydrogen-bond acceptors (Lipinski definition) is 8. The first-order valence-electron chi connectivity index (χ1n) is 11.4. The van der Waals surface area contributed by atoms with E-state index >= 15 is 0 Å². The number of aromatic nitrogens is 1. The molecule has 0 aliphatic carbocycles. The Morgan fingerprint density at radius 3 is 2.68 bits per heavy atom. The van der Waals surface area contributed by atoms with Gasteiger partial charge in [0.1, 0.15) is 12.4 Å². The number of nitrogens with zero attached hydrogens (tertiary/aromatic N) is 2. The van der Waals surface area contributed by atoms with Crippen molar-refractivity contribution in [1.82, 2.24) is 4.57 Å². The van der Waals surface area contributed by atoms with Crippen LogP contribution < -0.4 is 24.4 Å². The zero-order valence-electron chi connectivity index (χ0n) is 20.5. The number of hydrogen-bond donors (Lipinski definition) is 1. The predicted molar refractivity (Wildman–Crippen MR) is 145 cm³/mol. The normalized spacial score (nSPS) is 15.1. The van der Waals surface area contributed by atoms with E-state index < -0.39 is 12.0 Å². The van der Waals surface area contributed by atoms with Crippen LogP contribution in [0.3, 0.4) is 0 Å². The van der Waals surface area contributed by atoms with Crippen LogP contribution in [0.25, 0.3) is 6.08 Å². The summed E-state index contributed by atoms with van der Waals surface area (Å²) in [6, 6.07) is 9.80. The van der Waals surface area contributed by atoms with E-state index in [0.29, 0.717) is 48.6 Å². The average molecular weight is 585 g/mol. The Kier molecular flexibility index (Phi) is 7.99. The van der Waals surface area contributed by atoms with Gasteiger partial charge in [0, 0.05) is 0 Å². The second-order valence-electron chi connectivity index (χ2n) is 8.02. The summed E-state index contributed by atoms with van der Waals surface area (Å²) in [5, 5.41) is 10.1. The van der Waals surface area contributed by atoms with Gasteiger partial charge in [-0.05, 0) is 71.2 Å². The van der Waals surface area contributed by atoms with Crippen LogP contribution in [0.1, 0.15) is 31.0 Å². The molecule has 1 atom stereocenters. The van der Waals surface area contributed by atoms with E-state index in [1.54, 1.807) is 50.3 Å². The highest BCUT2D eigenvalue weighted by atomic mass is 79.9. The smallest absolute Gasteiger partial charge is 0.338 e. The molecule has 8 nitrogen and oxygen atoms in total. The second kappa shape index (κ2) is 11.2. The molecule has 0 saturated heterocycles. The third kappa shape index (κ3) is 5.26. The molecule has 3 aromatic rings. The maximum atomic E-state index is 13.7. The fourth-order valence-corrected chi connectivity index (χ4v) is 5.50. The fraction of sp³-hybridized carbons (Fsp3) is 0.222. The number of methoxy groups -OCH3 is 1. The van der Waals surface area contributed by atoms with Crippen LogP contribution >= 0.6 is 27.3 Å². The summed E-state index contributed by atoms with van der Waals surface area (Å²) in [6.07, 6.45) is 3.35. The molecule has 0 spiro atoms. The maximum Gasteiger partial charge on any atom is 0.338 e. The van der Waals surface area contributed by atoms with Crippen LogP contribution in [0.15, 0.2) is 74.6 Å². The van der Waals surface area contributed by atoms with Gasteiger partial charge in [-0.3, -0.25) is 9.36 Å². The number of esters is 1. The third-order valence-corrected chi connectivity index (χ3v) is 7.24. The maximum absolute atomic E-state index is 13.7. The summed E-state index contributed by atoms with van der Waals surface area (Å²) in [5.74, 6) is 0.352. The Balaban J connectivity index is 1.90. The van der Waals surface area contributed by atoms with Gasteiger partial charge < -0.3 is 19.3 Å². The van der Waals surface area contributed by atoms with Gasteiger partial charge in [-0.25, -0.2) is 9.79 Å². The summed E-state index contributed by atoms with van der Waals surface area (Å²) >= 11 is 4.52. The topological polar surface area (TPSA) is 99.4 Å². The molecule has 192 valence electrons. The Morgan fingerprint density at radius 2 is 2.03 bits per heavy atom. The minimum absolute atomic E-state index is 0.0312. The molecule has 2 heterocycles. The summed E-state index contributed by atoms with van der Waals surface area (Å²) < 4.78 is 18.5. The van der Waals surface area contributed by atoms with Gasteiger partial charge in [0.05, 0.1) is 40.0 Å². The standard InChI is InChI=1S/C27H25BrN2O6S/c1-5-11-36-18-9-7-17(8-10-18)23-22(26(33)35-6-2)15(3)29-27-30(23)25(32)21(37-27)14-16-12-19(28)24(31)20(13-16)34-4/h5,7-10,12-14,23,31H,1,6,11H2,2-4H3/b21-14+. The van der Waals surface area contributed by atoms with Gasteiger partial charge in [-0.15, -0.1) is 0 Å². The monoisotopic (exact) mass is 584 g/mol. The predicted octanol–water partition coefficient (Wildman–Crippen LogP) is 3.84. The quantitative estimate of drug-likeness (QED) is 0.319. The highest BCUT2D eigenvalue weighted by molar-refractivity contribution is 9.10. The van der Waals surface area contributed by atoms with Crippen molar-refractivity contribution >= 4 is 39.3 Å². The van der Waals surface area contributed by atoms with Gasteiger partial charge in [0.25, 0.3) is 5.56 Å². The number of phenols is 1. The van der Waals surface area contributed by atoms with Gasteiger partial charge >= 0.3 is 5.97 Å². The number of thiazole rings is 1. The van der Waals surface area contributed by atoms with E-state index in [9.17, 15) is 14.7 Å². The van der Waals surface area contributed by atoms with E-state index in [1.165, 1.54) is 23.0 Å². The van der Waals surface area contributed by atoms with E-state index in [-0.39, 0.29) is 23.7 Å². The van der Waals surface area contributed by atoms with E-state index in [1.807, 2.05) is 12.1 Å². The van der Waals surface area contributed by atoms with Crippen molar-refractivity contribution in [2.75, 3.05) is 20.3 Å². The van der Waals surface area contributed by atoms with Crippen LogP contribution in [0.2, 0.25) is 0 Å². The molecule has 4 rings (SSSR count). The molecule has 1 N–H and O–H groups in total. The van der Waals surface area contributed by atoms with Gasteiger partial charge in [0.2, 0.25) is 0 Å². The Bertz CT molecular complexity index is 1570. The van der Waals surface area contributed by atoms with Gasteiger partial charge in [-0.2, -0.15) is 0 Å². The lowest BCUT2D eigenvalue weighted by molar-refractivity contribution is -0.139. The molecule has 1 unspecified atom stereocenters. The van der Waals surface area contributed by atoms with E-state index in [2.05, 4.69) is 27.5 Å². The molecule has 1 aliphatic heterocycles. The van der Waals surface area contributed by atoms with Crippen LogP contribution in [0.5, 0.6) is 17.2 Å². The van der Waals surface area contributed by atoms with Crippen molar-refractivity contribution in [1.29, 1.82) is 0 Å². The number of carbonyl (C=O) groups is 1. The lowest BCUT2D eigenvalue weighted by Gasteiger charge is -2.24. The lowest BCUT2D eigenvalue weighted by Crippen LogP contribution is -2.39. The van der Waals surface area contributed by atoms with Crippen molar-refractivity contribution < 1.29 is 24.1 Å². The summed E-state index contributed by atoms with van der Waals surface area (Å²) in [4.78, 5) is 31.8. The lowest BCUT2D eigenvalue weighted by atomic mass is 9.96. The largest absolute Gasteiger partial charge is 0.503 e. The van der Waals surface area contributed by atoms with Crippen LogP contribution in [-0.4, -0.2) is 36.0 Å². The molecule has 0 bridgehead atoms. The van der Waals surface area contributed by atoms with Crippen molar-refractivity contribution in [3.05, 3.63) is 95.6 Å². The van der Waals surface area contributed by atoms with Crippen molar-refractivity contribution in [2.24, 2.45) is 4.99 Å².